The van der Waals surface area contributed by atoms with Gasteiger partial charge in [-0.15, -0.1) is 0 Å². The van der Waals surface area contributed by atoms with Gasteiger partial charge in [0.2, 0.25) is 0 Å². The van der Waals surface area contributed by atoms with Crippen LogP contribution in [0.2, 0.25) is 0 Å². The minimum atomic E-state index is -0.560. The molecule has 13 rings (SSSR count). The van der Waals surface area contributed by atoms with Gasteiger partial charge in [-0.3, -0.25) is 0 Å². The van der Waals surface area contributed by atoms with E-state index >= 15 is 0 Å². The highest BCUT2D eigenvalue weighted by molar-refractivity contribution is 7.99. The minimum absolute atomic E-state index is 0.560. The second kappa shape index (κ2) is 11.1. The second-order valence-corrected chi connectivity index (χ2v) is 16.3. The Bertz CT molecular complexity index is 3200. The molecule has 0 radical (unpaired) electrons. The van der Waals surface area contributed by atoms with Crippen molar-refractivity contribution in [1.82, 2.24) is 9.13 Å². The molecule has 9 aromatic carbocycles. The maximum Gasteiger partial charge on any atom is 0.0737 e. The minimum Gasteiger partial charge on any atom is -0.309 e. The molecule has 0 bridgehead atoms. The van der Waals surface area contributed by atoms with Crippen LogP contribution in [0.25, 0.3) is 76.9 Å². The molecule has 3 heteroatoms. The van der Waals surface area contributed by atoms with E-state index in [9.17, 15) is 0 Å². The number of fused-ring (bicyclic) bond motifs is 17. The monoisotopic (exact) mass is 728 g/mol. The summed E-state index contributed by atoms with van der Waals surface area (Å²) in [4.78, 5) is 2.64. The fourth-order valence-corrected chi connectivity index (χ4v) is 11.7. The lowest BCUT2D eigenvalue weighted by Gasteiger charge is -2.40. The van der Waals surface area contributed by atoms with Gasteiger partial charge in [-0.05, 0) is 98.8 Å². The predicted octanol–water partition coefficient (Wildman–Crippen LogP) is 13.9. The van der Waals surface area contributed by atoms with Crippen molar-refractivity contribution >= 4 is 66.1 Å². The van der Waals surface area contributed by atoms with Crippen molar-refractivity contribution in [2.45, 2.75) is 15.2 Å². The Hall–Kier alpha value is -6.81. The van der Waals surface area contributed by atoms with E-state index in [0.29, 0.717) is 0 Å². The average Bonchev–Trinajstić information content (AvgIpc) is 3.88. The predicted molar refractivity (Wildman–Crippen MR) is 234 cm³/mol. The summed E-state index contributed by atoms with van der Waals surface area (Å²) in [5.41, 5.74) is 14.6. The Balaban J connectivity index is 1.18. The van der Waals surface area contributed by atoms with E-state index in [1.165, 1.54) is 109 Å². The van der Waals surface area contributed by atoms with E-state index in [2.05, 4.69) is 203 Å². The molecule has 0 saturated carbocycles. The lowest BCUT2D eigenvalue weighted by atomic mass is 9.67. The highest BCUT2D eigenvalue weighted by Gasteiger charge is 2.51. The maximum absolute atomic E-state index is 2.51. The zero-order valence-corrected chi connectivity index (χ0v) is 31.1. The van der Waals surface area contributed by atoms with Crippen molar-refractivity contribution in [2.24, 2.45) is 0 Å². The molecule has 0 atom stereocenters. The molecule has 0 unspecified atom stereocenters. The number of para-hydroxylation sites is 4. The normalized spacial score (nSPS) is 13.8. The summed E-state index contributed by atoms with van der Waals surface area (Å²) in [6.45, 7) is 0. The van der Waals surface area contributed by atoms with E-state index in [0.717, 1.165) is 0 Å². The Morgan fingerprint density at radius 3 is 1.32 bits per heavy atom. The molecule has 2 aliphatic rings. The van der Waals surface area contributed by atoms with Crippen LogP contribution in [0.1, 0.15) is 22.3 Å². The number of hydrogen-bond acceptors (Lipinski definition) is 1. The molecule has 0 amide bonds. The Morgan fingerprint density at radius 2 is 0.786 bits per heavy atom. The van der Waals surface area contributed by atoms with Crippen LogP contribution in [0, 0.1) is 0 Å². The van der Waals surface area contributed by atoms with E-state index < -0.39 is 5.41 Å². The quantitative estimate of drug-likeness (QED) is 0.172. The summed E-state index contributed by atoms with van der Waals surface area (Å²) in [5, 5.41) is 7.66. The van der Waals surface area contributed by atoms with Crippen molar-refractivity contribution in [1.29, 1.82) is 0 Å². The molecular formula is C53H32N2S. The summed E-state index contributed by atoms with van der Waals surface area (Å²) >= 11 is 1.92. The number of rotatable bonds is 2. The summed E-state index contributed by atoms with van der Waals surface area (Å²) in [7, 11) is 0. The first-order valence-corrected chi connectivity index (χ1v) is 20.2. The van der Waals surface area contributed by atoms with Crippen molar-refractivity contribution in [3.05, 3.63) is 216 Å². The van der Waals surface area contributed by atoms with Crippen molar-refractivity contribution in [3.63, 3.8) is 0 Å². The SMILES string of the molecule is c1ccc2c(c1)Sc1c(ccc3ccccc13)C21c2cc(-n3c4ccccc4c4ccccc43)ccc2-c2ccc(-n3c4ccccc4c4ccccc43)cc21. The van der Waals surface area contributed by atoms with Crippen LogP contribution in [-0.2, 0) is 5.41 Å². The molecule has 260 valence electrons. The fraction of sp³-hybridized carbons (Fsp3) is 0.0189. The van der Waals surface area contributed by atoms with Gasteiger partial charge in [-0.1, -0.05) is 151 Å². The maximum atomic E-state index is 2.51. The van der Waals surface area contributed by atoms with Gasteiger partial charge >= 0.3 is 0 Å². The van der Waals surface area contributed by atoms with Gasteiger partial charge in [0.05, 0.1) is 27.5 Å². The Labute approximate surface area is 327 Å². The molecule has 11 aromatic rings. The van der Waals surface area contributed by atoms with Crippen molar-refractivity contribution in [3.8, 4) is 22.5 Å². The number of aromatic nitrogens is 2. The molecule has 3 heterocycles. The molecule has 0 fully saturated rings. The largest absolute Gasteiger partial charge is 0.309 e. The zero-order valence-electron chi connectivity index (χ0n) is 30.3. The van der Waals surface area contributed by atoms with Crippen molar-refractivity contribution < 1.29 is 0 Å². The summed E-state index contributed by atoms with van der Waals surface area (Å²) in [5.74, 6) is 0. The third-order valence-electron chi connectivity index (χ3n) is 12.6. The van der Waals surface area contributed by atoms with Gasteiger partial charge in [0.15, 0.2) is 0 Å². The highest BCUT2D eigenvalue weighted by atomic mass is 32.2. The van der Waals surface area contributed by atoms with Gasteiger partial charge in [0, 0.05) is 42.7 Å². The molecule has 56 heavy (non-hydrogen) atoms. The molecule has 1 aliphatic carbocycles. The van der Waals surface area contributed by atoms with Gasteiger partial charge in [0.25, 0.3) is 0 Å². The van der Waals surface area contributed by atoms with Crippen molar-refractivity contribution in [2.75, 3.05) is 0 Å². The standard InChI is InChI=1S/C53H32N2S/c1-2-14-36-33(13-1)25-30-44-52(36)56-51-24-12-7-19-43(51)53(44)45-31-34(54-47-20-8-3-15-39(47)40-16-4-9-21-48(40)54)26-28-37(45)38-29-27-35(32-46(38)53)55-49-22-10-5-17-41(49)42-18-6-11-23-50(42)55/h1-32H. The number of benzene rings is 9. The van der Waals surface area contributed by atoms with Crippen LogP contribution >= 0.6 is 11.8 Å². The molecule has 2 aromatic heterocycles. The molecule has 0 saturated heterocycles. The van der Waals surface area contributed by atoms with Crippen LogP contribution in [0.15, 0.2) is 204 Å². The van der Waals surface area contributed by atoms with Gasteiger partial charge < -0.3 is 9.13 Å². The van der Waals surface area contributed by atoms with E-state index in [1.54, 1.807) is 0 Å². The summed E-state index contributed by atoms with van der Waals surface area (Å²) in [6, 6.07) is 72.7. The first kappa shape index (κ1) is 30.5. The van der Waals surface area contributed by atoms with Crippen LogP contribution in [0.3, 0.4) is 0 Å². The van der Waals surface area contributed by atoms with Gasteiger partial charge in [0.1, 0.15) is 0 Å². The third-order valence-corrected chi connectivity index (χ3v) is 13.8. The fourth-order valence-electron chi connectivity index (χ4n) is 10.3. The van der Waals surface area contributed by atoms with E-state index in [4.69, 9.17) is 0 Å². The first-order chi connectivity index (χ1) is 27.8. The molecule has 0 N–H and O–H groups in total. The lowest BCUT2D eigenvalue weighted by molar-refractivity contribution is 0.724. The Kier molecular flexibility index (Phi) is 6.06. The van der Waals surface area contributed by atoms with Crippen LogP contribution in [0.4, 0.5) is 0 Å². The van der Waals surface area contributed by atoms with Gasteiger partial charge in [-0.25, -0.2) is 0 Å². The topological polar surface area (TPSA) is 9.86 Å². The number of nitrogens with zero attached hydrogens (tertiary/aromatic N) is 2. The molecule has 1 aliphatic heterocycles. The summed E-state index contributed by atoms with van der Waals surface area (Å²) in [6.07, 6.45) is 0. The van der Waals surface area contributed by atoms with Crippen LogP contribution < -0.4 is 0 Å². The second-order valence-electron chi connectivity index (χ2n) is 15.2. The Morgan fingerprint density at radius 1 is 0.339 bits per heavy atom. The first-order valence-electron chi connectivity index (χ1n) is 19.4. The third kappa shape index (κ3) is 3.83. The smallest absolute Gasteiger partial charge is 0.0737 e. The van der Waals surface area contributed by atoms with E-state index in [-0.39, 0.29) is 0 Å². The molecule has 2 nitrogen and oxygen atoms in total. The lowest BCUT2D eigenvalue weighted by Crippen LogP contribution is -2.32. The van der Waals surface area contributed by atoms with Crippen LogP contribution in [-0.4, -0.2) is 9.13 Å². The molecular weight excluding hydrogens is 697 g/mol. The highest BCUT2D eigenvalue weighted by Crippen LogP contribution is 2.63. The van der Waals surface area contributed by atoms with Gasteiger partial charge in [-0.2, -0.15) is 0 Å². The molecule has 1 spiro atoms. The van der Waals surface area contributed by atoms with Crippen LogP contribution in [0.5, 0.6) is 0 Å². The zero-order chi connectivity index (χ0) is 36.5. The number of hydrogen-bond donors (Lipinski definition) is 0. The van der Waals surface area contributed by atoms with E-state index in [1.807, 2.05) is 11.8 Å². The summed E-state index contributed by atoms with van der Waals surface area (Å²) < 4.78 is 4.94. The average molecular weight is 729 g/mol.